The Morgan fingerprint density at radius 2 is 1.50 bits per heavy atom. The Morgan fingerprint density at radius 1 is 0.773 bits per heavy atom. The van der Waals surface area contributed by atoms with Crippen LogP contribution in [-0.2, 0) is 0 Å². The van der Waals surface area contributed by atoms with Gasteiger partial charge in [-0.2, -0.15) is 0 Å². The van der Waals surface area contributed by atoms with Crippen LogP contribution in [0.1, 0.15) is 10.4 Å². The summed E-state index contributed by atoms with van der Waals surface area (Å²) in [6, 6.07) is 23.0. The van der Waals surface area contributed by atoms with E-state index in [-0.39, 0.29) is 11.7 Å². The number of phenols is 1. The fourth-order valence-corrected chi connectivity index (χ4v) is 2.14. The summed E-state index contributed by atoms with van der Waals surface area (Å²) in [7, 11) is 0. The molecule has 0 saturated heterocycles. The number of phenolic OH excluding ortho intramolecular Hbond substituents is 1. The van der Waals surface area contributed by atoms with E-state index in [0.29, 0.717) is 11.3 Å². The SMILES string of the molecule is O=C(Oc1ccc(-c2cccc(O)c2)cc1)c1ccccc1. The third-order valence-corrected chi connectivity index (χ3v) is 3.25. The lowest BCUT2D eigenvalue weighted by molar-refractivity contribution is 0.0735. The van der Waals surface area contributed by atoms with Gasteiger partial charge in [-0.25, -0.2) is 4.79 Å². The minimum Gasteiger partial charge on any atom is -0.508 e. The van der Waals surface area contributed by atoms with Crippen molar-refractivity contribution in [3.05, 3.63) is 84.4 Å². The lowest BCUT2D eigenvalue weighted by atomic mass is 10.1. The summed E-state index contributed by atoms with van der Waals surface area (Å²) in [6.07, 6.45) is 0. The average Bonchev–Trinajstić information content (AvgIpc) is 2.56. The molecule has 3 rings (SSSR count). The predicted octanol–water partition coefficient (Wildman–Crippen LogP) is 4.28. The van der Waals surface area contributed by atoms with Crippen LogP contribution in [0.15, 0.2) is 78.9 Å². The largest absolute Gasteiger partial charge is 0.508 e. The molecule has 22 heavy (non-hydrogen) atoms. The van der Waals surface area contributed by atoms with Crippen molar-refractivity contribution in [2.24, 2.45) is 0 Å². The first-order chi connectivity index (χ1) is 10.7. The van der Waals surface area contributed by atoms with Gasteiger partial charge < -0.3 is 9.84 Å². The first-order valence-electron chi connectivity index (χ1n) is 6.89. The topological polar surface area (TPSA) is 46.5 Å². The standard InChI is InChI=1S/C19H14O3/c20-17-8-4-7-16(13-17)14-9-11-18(12-10-14)22-19(21)15-5-2-1-3-6-15/h1-13,20H. The molecule has 0 bridgehead atoms. The molecule has 0 heterocycles. The molecule has 108 valence electrons. The molecule has 3 aromatic rings. The Labute approximate surface area is 128 Å². The van der Waals surface area contributed by atoms with E-state index in [1.165, 1.54) is 0 Å². The van der Waals surface area contributed by atoms with E-state index >= 15 is 0 Å². The van der Waals surface area contributed by atoms with Gasteiger partial charge in [0.15, 0.2) is 0 Å². The minimum absolute atomic E-state index is 0.220. The normalized spacial score (nSPS) is 10.2. The maximum atomic E-state index is 12.0. The molecule has 0 aliphatic heterocycles. The Bertz CT molecular complexity index is 777. The van der Waals surface area contributed by atoms with Crippen LogP contribution >= 0.6 is 0 Å². The number of hydrogen-bond donors (Lipinski definition) is 1. The van der Waals surface area contributed by atoms with Gasteiger partial charge in [0.05, 0.1) is 5.56 Å². The number of carbonyl (C=O) groups is 1. The maximum absolute atomic E-state index is 12.0. The van der Waals surface area contributed by atoms with Crippen molar-refractivity contribution in [3.8, 4) is 22.6 Å². The predicted molar refractivity (Wildman–Crippen MR) is 84.9 cm³/mol. The number of carbonyl (C=O) groups excluding carboxylic acids is 1. The van der Waals surface area contributed by atoms with Gasteiger partial charge >= 0.3 is 5.97 Å². The highest BCUT2D eigenvalue weighted by molar-refractivity contribution is 5.91. The monoisotopic (exact) mass is 290 g/mol. The molecule has 3 nitrogen and oxygen atoms in total. The smallest absolute Gasteiger partial charge is 0.343 e. The summed E-state index contributed by atoms with van der Waals surface area (Å²) in [5.74, 6) is 0.320. The fraction of sp³-hybridized carbons (Fsp3) is 0. The van der Waals surface area contributed by atoms with E-state index in [1.807, 2.05) is 24.3 Å². The van der Waals surface area contributed by atoms with Crippen molar-refractivity contribution in [1.82, 2.24) is 0 Å². The molecule has 0 amide bonds. The van der Waals surface area contributed by atoms with Crippen LogP contribution in [0.4, 0.5) is 0 Å². The number of aromatic hydroxyl groups is 1. The van der Waals surface area contributed by atoms with Gasteiger partial charge in [0.1, 0.15) is 11.5 Å². The zero-order valence-corrected chi connectivity index (χ0v) is 11.8. The van der Waals surface area contributed by atoms with Crippen molar-refractivity contribution < 1.29 is 14.6 Å². The maximum Gasteiger partial charge on any atom is 0.343 e. The van der Waals surface area contributed by atoms with Crippen LogP contribution in [0.5, 0.6) is 11.5 Å². The second kappa shape index (κ2) is 6.14. The van der Waals surface area contributed by atoms with E-state index < -0.39 is 0 Å². The molecule has 3 heteroatoms. The summed E-state index contributed by atoms with van der Waals surface area (Å²) in [5.41, 5.74) is 2.36. The van der Waals surface area contributed by atoms with Gasteiger partial charge in [-0.15, -0.1) is 0 Å². The second-order valence-corrected chi connectivity index (χ2v) is 4.83. The van der Waals surface area contributed by atoms with E-state index in [9.17, 15) is 9.90 Å². The molecule has 3 aromatic carbocycles. The van der Waals surface area contributed by atoms with Crippen LogP contribution in [-0.4, -0.2) is 11.1 Å². The van der Waals surface area contributed by atoms with Gasteiger partial charge in [0.25, 0.3) is 0 Å². The highest BCUT2D eigenvalue weighted by atomic mass is 16.5. The third-order valence-electron chi connectivity index (χ3n) is 3.25. The van der Waals surface area contributed by atoms with Crippen molar-refractivity contribution >= 4 is 5.97 Å². The molecule has 0 atom stereocenters. The second-order valence-electron chi connectivity index (χ2n) is 4.83. The molecular formula is C19H14O3. The summed E-state index contributed by atoms with van der Waals surface area (Å²) >= 11 is 0. The van der Waals surface area contributed by atoms with Gasteiger partial charge in [-0.05, 0) is 47.5 Å². The first kappa shape index (κ1) is 13.9. The van der Waals surface area contributed by atoms with Gasteiger partial charge in [0, 0.05) is 0 Å². The molecule has 1 N–H and O–H groups in total. The highest BCUT2D eigenvalue weighted by Crippen LogP contribution is 2.25. The number of esters is 1. The lowest BCUT2D eigenvalue weighted by Crippen LogP contribution is -2.07. The van der Waals surface area contributed by atoms with E-state index in [1.54, 1.807) is 54.6 Å². The molecule has 0 saturated carbocycles. The molecule has 0 aromatic heterocycles. The van der Waals surface area contributed by atoms with E-state index in [4.69, 9.17) is 4.74 Å². The van der Waals surface area contributed by atoms with Crippen molar-refractivity contribution in [2.45, 2.75) is 0 Å². The Balaban J connectivity index is 1.76. The van der Waals surface area contributed by atoms with Crippen molar-refractivity contribution in [1.29, 1.82) is 0 Å². The number of ether oxygens (including phenoxy) is 1. The van der Waals surface area contributed by atoms with Crippen molar-refractivity contribution in [3.63, 3.8) is 0 Å². The van der Waals surface area contributed by atoms with Gasteiger partial charge in [-0.1, -0.05) is 42.5 Å². The van der Waals surface area contributed by atoms with Crippen LogP contribution in [0, 0.1) is 0 Å². The third kappa shape index (κ3) is 3.15. The molecular weight excluding hydrogens is 276 g/mol. The number of hydrogen-bond acceptors (Lipinski definition) is 3. The molecule has 0 radical (unpaired) electrons. The first-order valence-corrected chi connectivity index (χ1v) is 6.89. The average molecular weight is 290 g/mol. The summed E-state index contributed by atoms with van der Waals surface area (Å²) in [6.45, 7) is 0. The molecule has 0 spiro atoms. The van der Waals surface area contributed by atoms with Crippen LogP contribution in [0.3, 0.4) is 0 Å². The van der Waals surface area contributed by atoms with E-state index in [0.717, 1.165) is 11.1 Å². The Morgan fingerprint density at radius 3 is 2.18 bits per heavy atom. The van der Waals surface area contributed by atoms with Crippen molar-refractivity contribution in [2.75, 3.05) is 0 Å². The van der Waals surface area contributed by atoms with Crippen LogP contribution in [0.2, 0.25) is 0 Å². The molecule has 0 aliphatic rings. The minimum atomic E-state index is -0.384. The lowest BCUT2D eigenvalue weighted by Gasteiger charge is -2.06. The molecule has 0 unspecified atom stereocenters. The summed E-state index contributed by atoms with van der Waals surface area (Å²) in [4.78, 5) is 12.0. The zero-order valence-electron chi connectivity index (χ0n) is 11.8. The fourth-order valence-electron chi connectivity index (χ4n) is 2.14. The number of benzene rings is 3. The quantitative estimate of drug-likeness (QED) is 0.578. The molecule has 0 fully saturated rings. The Kier molecular flexibility index (Phi) is 3.88. The van der Waals surface area contributed by atoms with Crippen LogP contribution < -0.4 is 4.74 Å². The number of rotatable bonds is 3. The zero-order chi connectivity index (χ0) is 15.4. The summed E-state index contributed by atoms with van der Waals surface area (Å²) < 4.78 is 5.33. The van der Waals surface area contributed by atoms with Crippen LogP contribution in [0.25, 0.3) is 11.1 Å². The Hall–Kier alpha value is -3.07. The molecule has 0 aliphatic carbocycles. The van der Waals surface area contributed by atoms with Gasteiger partial charge in [-0.3, -0.25) is 0 Å². The summed E-state index contributed by atoms with van der Waals surface area (Å²) in [5, 5.41) is 9.50. The van der Waals surface area contributed by atoms with E-state index in [2.05, 4.69) is 0 Å². The highest BCUT2D eigenvalue weighted by Gasteiger charge is 2.07. The van der Waals surface area contributed by atoms with Gasteiger partial charge in [0.2, 0.25) is 0 Å².